The SMILES string of the molecule is O=C(/C=C/c1ccc(O)cc1)CCCc1ccc(O)c(O)c1. The molecule has 0 fully saturated rings. The molecule has 0 amide bonds. The van der Waals surface area contributed by atoms with Gasteiger partial charge < -0.3 is 15.3 Å². The van der Waals surface area contributed by atoms with Crippen molar-refractivity contribution in [1.82, 2.24) is 0 Å². The Morgan fingerprint density at radius 3 is 2.36 bits per heavy atom. The summed E-state index contributed by atoms with van der Waals surface area (Å²) in [6.45, 7) is 0. The van der Waals surface area contributed by atoms with Crippen molar-refractivity contribution in [3.05, 3.63) is 59.7 Å². The summed E-state index contributed by atoms with van der Waals surface area (Å²) >= 11 is 0. The van der Waals surface area contributed by atoms with Crippen LogP contribution >= 0.6 is 0 Å². The molecule has 0 aliphatic rings. The first kappa shape index (κ1) is 15.6. The maximum Gasteiger partial charge on any atom is 0.157 e. The van der Waals surface area contributed by atoms with E-state index in [1.807, 2.05) is 0 Å². The molecule has 3 N–H and O–H groups in total. The third-order valence-electron chi connectivity index (χ3n) is 3.28. The van der Waals surface area contributed by atoms with Crippen molar-refractivity contribution in [1.29, 1.82) is 0 Å². The monoisotopic (exact) mass is 298 g/mol. The summed E-state index contributed by atoms with van der Waals surface area (Å²) in [7, 11) is 0. The first-order valence-corrected chi connectivity index (χ1v) is 7.05. The van der Waals surface area contributed by atoms with Crippen LogP contribution in [-0.2, 0) is 11.2 Å². The van der Waals surface area contributed by atoms with E-state index in [1.54, 1.807) is 36.4 Å². The summed E-state index contributed by atoms with van der Waals surface area (Å²) in [6.07, 6.45) is 4.99. The van der Waals surface area contributed by atoms with Crippen LogP contribution in [0.4, 0.5) is 0 Å². The van der Waals surface area contributed by atoms with Gasteiger partial charge in [-0.25, -0.2) is 0 Å². The molecule has 0 saturated carbocycles. The van der Waals surface area contributed by atoms with E-state index in [0.717, 1.165) is 11.1 Å². The highest BCUT2D eigenvalue weighted by molar-refractivity contribution is 5.93. The number of aryl methyl sites for hydroxylation is 1. The number of benzene rings is 2. The Hall–Kier alpha value is -2.75. The second kappa shape index (κ2) is 7.31. The molecular formula is C18H18O4. The van der Waals surface area contributed by atoms with Gasteiger partial charge in [0.2, 0.25) is 0 Å². The van der Waals surface area contributed by atoms with Crippen molar-refractivity contribution in [2.45, 2.75) is 19.3 Å². The smallest absolute Gasteiger partial charge is 0.157 e. The highest BCUT2D eigenvalue weighted by Gasteiger charge is 2.02. The van der Waals surface area contributed by atoms with Crippen LogP contribution in [0.1, 0.15) is 24.0 Å². The zero-order chi connectivity index (χ0) is 15.9. The number of allylic oxidation sites excluding steroid dienone is 1. The van der Waals surface area contributed by atoms with Crippen LogP contribution in [0.2, 0.25) is 0 Å². The maximum atomic E-state index is 11.8. The van der Waals surface area contributed by atoms with E-state index in [9.17, 15) is 20.1 Å². The normalized spacial score (nSPS) is 10.9. The molecule has 2 aromatic carbocycles. The molecule has 4 heteroatoms. The molecule has 114 valence electrons. The van der Waals surface area contributed by atoms with E-state index in [-0.39, 0.29) is 23.0 Å². The van der Waals surface area contributed by atoms with Gasteiger partial charge in [0.25, 0.3) is 0 Å². The predicted octanol–water partition coefficient (Wildman–Crippen LogP) is 3.41. The Morgan fingerprint density at radius 1 is 0.955 bits per heavy atom. The molecule has 0 aliphatic carbocycles. The van der Waals surface area contributed by atoms with E-state index in [0.29, 0.717) is 19.3 Å². The van der Waals surface area contributed by atoms with Crippen molar-refractivity contribution in [2.24, 2.45) is 0 Å². The summed E-state index contributed by atoms with van der Waals surface area (Å²) in [5.74, 6) is -0.0654. The molecule has 2 aromatic rings. The number of ketones is 1. The number of phenolic OH excluding ortho intramolecular Hbond substituents is 3. The molecule has 2 rings (SSSR count). The highest BCUT2D eigenvalue weighted by Crippen LogP contribution is 2.25. The minimum atomic E-state index is -0.143. The van der Waals surface area contributed by atoms with Crippen molar-refractivity contribution in [2.75, 3.05) is 0 Å². The molecule has 0 unspecified atom stereocenters. The zero-order valence-electron chi connectivity index (χ0n) is 12.1. The molecule has 0 bridgehead atoms. The number of carbonyl (C=O) groups excluding carboxylic acids is 1. The first-order valence-electron chi connectivity index (χ1n) is 7.05. The van der Waals surface area contributed by atoms with E-state index >= 15 is 0 Å². The molecule has 0 spiro atoms. The standard InChI is InChI=1S/C18H18O4/c19-15(8-4-13-5-9-16(20)10-6-13)3-1-2-14-7-11-17(21)18(22)12-14/h4-12,20-22H,1-3H2/b8-4+. The molecule has 0 radical (unpaired) electrons. The fraction of sp³-hybridized carbons (Fsp3) is 0.167. The maximum absolute atomic E-state index is 11.8. The topological polar surface area (TPSA) is 77.8 Å². The molecule has 0 saturated heterocycles. The van der Waals surface area contributed by atoms with Crippen LogP contribution in [-0.4, -0.2) is 21.1 Å². The molecule has 4 nitrogen and oxygen atoms in total. The lowest BCUT2D eigenvalue weighted by Crippen LogP contribution is -1.94. The molecule has 22 heavy (non-hydrogen) atoms. The Labute approximate surface area is 129 Å². The summed E-state index contributed by atoms with van der Waals surface area (Å²) in [6, 6.07) is 11.3. The molecule has 0 aromatic heterocycles. The number of phenols is 3. The van der Waals surface area contributed by atoms with Crippen LogP contribution in [0, 0.1) is 0 Å². The third-order valence-corrected chi connectivity index (χ3v) is 3.28. The van der Waals surface area contributed by atoms with Gasteiger partial charge in [-0.1, -0.05) is 24.3 Å². The number of hydrogen-bond donors (Lipinski definition) is 3. The van der Waals surface area contributed by atoms with Crippen LogP contribution in [0.3, 0.4) is 0 Å². The minimum Gasteiger partial charge on any atom is -0.508 e. The van der Waals surface area contributed by atoms with Crippen molar-refractivity contribution in [3.63, 3.8) is 0 Å². The average Bonchev–Trinajstić information content (AvgIpc) is 2.50. The van der Waals surface area contributed by atoms with Crippen molar-refractivity contribution < 1.29 is 20.1 Å². The molecule has 0 atom stereocenters. The number of rotatable bonds is 6. The second-order valence-corrected chi connectivity index (χ2v) is 5.07. The lowest BCUT2D eigenvalue weighted by Gasteiger charge is -2.02. The van der Waals surface area contributed by atoms with Gasteiger partial charge >= 0.3 is 0 Å². The average molecular weight is 298 g/mol. The van der Waals surface area contributed by atoms with Crippen LogP contribution in [0.25, 0.3) is 6.08 Å². The molecule has 0 heterocycles. The Morgan fingerprint density at radius 2 is 1.68 bits per heavy atom. The highest BCUT2D eigenvalue weighted by atomic mass is 16.3. The van der Waals surface area contributed by atoms with Crippen LogP contribution in [0.15, 0.2) is 48.5 Å². The van der Waals surface area contributed by atoms with Crippen molar-refractivity contribution in [3.8, 4) is 17.2 Å². The van der Waals surface area contributed by atoms with Gasteiger partial charge in [0.1, 0.15) is 5.75 Å². The fourth-order valence-electron chi connectivity index (χ4n) is 2.05. The van der Waals surface area contributed by atoms with Gasteiger partial charge in [-0.3, -0.25) is 4.79 Å². The van der Waals surface area contributed by atoms with E-state index in [1.165, 1.54) is 18.2 Å². The second-order valence-electron chi connectivity index (χ2n) is 5.07. The van der Waals surface area contributed by atoms with Crippen LogP contribution < -0.4 is 0 Å². The lowest BCUT2D eigenvalue weighted by molar-refractivity contribution is -0.114. The van der Waals surface area contributed by atoms with E-state index < -0.39 is 0 Å². The summed E-state index contributed by atoms with van der Waals surface area (Å²) in [5, 5.41) is 27.8. The summed E-state index contributed by atoms with van der Waals surface area (Å²) < 4.78 is 0. The Bertz CT molecular complexity index is 672. The van der Waals surface area contributed by atoms with E-state index in [2.05, 4.69) is 0 Å². The van der Waals surface area contributed by atoms with Gasteiger partial charge in [-0.15, -0.1) is 0 Å². The zero-order valence-corrected chi connectivity index (χ0v) is 12.1. The molecule has 0 aliphatic heterocycles. The van der Waals surface area contributed by atoms with Gasteiger partial charge in [-0.2, -0.15) is 0 Å². The number of carbonyl (C=O) groups is 1. The quantitative estimate of drug-likeness (QED) is 0.564. The molecular weight excluding hydrogens is 280 g/mol. The van der Waals surface area contributed by atoms with Crippen LogP contribution in [0.5, 0.6) is 17.2 Å². The predicted molar refractivity (Wildman–Crippen MR) is 84.9 cm³/mol. The Kier molecular flexibility index (Phi) is 5.20. The van der Waals surface area contributed by atoms with Gasteiger partial charge in [0.05, 0.1) is 0 Å². The van der Waals surface area contributed by atoms with Gasteiger partial charge in [-0.05, 0) is 54.3 Å². The van der Waals surface area contributed by atoms with E-state index in [4.69, 9.17) is 0 Å². The first-order chi connectivity index (χ1) is 10.5. The van der Waals surface area contributed by atoms with Gasteiger partial charge in [0, 0.05) is 6.42 Å². The number of aromatic hydroxyl groups is 3. The lowest BCUT2D eigenvalue weighted by atomic mass is 10.1. The largest absolute Gasteiger partial charge is 0.508 e. The number of hydrogen-bond acceptors (Lipinski definition) is 4. The summed E-state index contributed by atoms with van der Waals surface area (Å²) in [4.78, 5) is 11.8. The van der Waals surface area contributed by atoms with Gasteiger partial charge in [0.15, 0.2) is 17.3 Å². The fourth-order valence-corrected chi connectivity index (χ4v) is 2.05. The van der Waals surface area contributed by atoms with Crippen molar-refractivity contribution >= 4 is 11.9 Å². The third kappa shape index (κ3) is 4.66. The minimum absolute atomic E-state index is 0.0241. The Balaban J connectivity index is 1.80. The summed E-state index contributed by atoms with van der Waals surface area (Å²) in [5.41, 5.74) is 1.74.